The van der Waals surface area contributed by atoms with E-state index in [1.807, 2.05) is 6.20 Å². The van der Waals surface area contributed by atoms with E-state index in [-0.39, 0.29) is 5.41 Å². The molecule has 1 aromatic rings. The summed E-state index contributed by atoms with van der Waals surface area (Å²) in [5.74, 6) is 0. The van der Waals surface area contributed by atoms with E-state index in [1.165, 1.54) is 33.5 Å². The molecule has 1 heteroatoms. The molecule has 1 aliphatic carbocycles. The van der Waals surface area contributed by atoms with Crippen LogP contribution in [0.5, 0.6) is 0 Å². The number of aliphatic imine (C=N–C) groups is 1. The van der Waals surface area contributed by atoms with Crippen LogP contribution in [0, 0.1) is 5.41 Å². The van der Waals surface area contributed by atoms with Gasteiger partial charge in [-0.1, -0.05) is 44.2 Å². The zero-order valence-corrected chi connectivity index (χ0v) is 12.1. The molecular formula is C18H21N. The topological polar surface area (TPSA) is 12.4 Å². The van der Waals surface area contributed by atoms with Gasteiger partial charge in [0.15, 0.2) is 0 Å². The first-order valence-electron chi connectivity index (χ1n) is 6.98. The highest BCUT2D eigenvalue weighted by atomic mass is 14.7. The molecule has 3 rings (SSSR count). The number of rotatable bonds is 1. The molecule has 0 unspecified atom stereocenters. The van der Waals surface area contributed by atoms with Crippen LogP contribution in [-0.2, 0) is 12.8 Å². The molecule has 2 aliphatic rings. The second kappa shape index (κ2) is 4.19. The second-order valence-corrected chi connectivity index (χ2v) is 6.52. The van der Waals surface area contributed by atoms with Crippen LogP contribution in [0.2, 0.25) is 0 Å². The van der Waals surface area contributed by atoms with E-state index in [4.69, 9.17) is 0 Å². The molecular weight excluding hydrogens is 230 g/mol. The van der Waals surface area contributed by atoms with E-state index in [2.05, 4.69) is 50.5 Å². The van der Waals surface area contributed by atoms with Crippen molar-refractivity contribution in [3.05, 3.63) is 53.2 Å². The number of hydrogen-bond acceptors (Lipinski definition) is 1. The lowest BCUT2D eigenvalue weighted by atomic mass is 9.71. The maximum Gasteiger partial charge on any atom is 0.0309 e. The molecule has 0 radical (unpaired) electrons. The molecule has 0 saturated heterocycles. The van der Waals surface area contributed by atoms with Crippen molar-refractivity contribution in [2.45, 2.75) is 40.0 Å². The van der Waals surface area contributed by atoms with Gasteiger partial charge in [-0.3, -0.25) is 4.99 Å². The van der Waals surface area contributed by atoms with E-state index in [0.717, 1.165) is 19.3 Å². The Hall–Kier alpha value is -1.63. The van der Waals surface area contributed by atoms with Gasteiger partial charge in [-0.25, -0.2) is 0 Å². The Bertz CT molecular complexity index is 615. The maximum atomic E-state index is 4.39. The van der Waals surface area contributed by atoms with Crippen LogP contribution in [0.15, 0.2) is 41.5 Å². The van der Waals surface area contributed by atoms with E-state index in [9.17, 15) is 0 Å². The first-order chi connectivity index (χ1) is 8.95. The number of benzene rings is 1. The van der Waals surface area contributed by atoms with Crippen molar-refractivity contribution in [2.24, 2.45) is 10.4 Å². The minimum atomic E-state index is 0.224. The SMILES string of the molecule is C=C1Cc2ccc(C3=CN=C(C)C3)cc2CC1(C)C. The lowest BCUT2D eigenvalue weighted by Gasteiger charge is -2.34. The fraction of sp³-hybridized carbons (Fsp3) is 0.389. The van der Waals surface area contributed by atoms with Crippen molar-refractivity contribution < 1.29 is 0 Å². The quantitative estimate of drug-likeness (QED) is 0.648. The van der Waals surface area contributed by atoms with Gasteiger partial charge < -0.3 is 0 Å². The van der Waals surface area contributed by atoms with Gasteiger partial charge in [0.05, 0.1) is 0 Å². The van der Waals surface area contributed by atoms with Crippen LogP contribution >= 0.6 is 0 Å². The molecule has 1 aromatic carbocycles. The summed E-state index contributed by atoms with van der Waals surface area (Å²) >= 11 is 0. The zero-order chi connectivity index (χ0) is 13.6. The van der Waals surface area contributed by atoms with Gasteiger partial charge in [0.2, 0.25) is 0 Å². The third-order valence-corrected chi connectivity index (χ3v) is 4.46. The zero-order valence-electron chi connectivity index (χ0n) is 12.1. The third-order valence-electron chi connectivity index (χ3n) is 4.46. The highest BCUT2D eigenvalue weighted by Gasteiger charge is 2.28. The van der Waals surface area contributed by atoms with Crippen molar-refractivity contribution in [1.29, 1.82) is 0 Å². The third kappa shape index (κ3) is 2.18. The Morgan fingerprint density at radius 2 is 1.95 bits per heavy atom. The number of hydrogen-bond donors (Lipinski definition) is 0. The molecule has 0 N–H and O–H groups in total. The van der Waals surface area contributed by atoms with Crippen LogP contribution in [0.25, 0.3) is 5.57 Å². The highest BCUT2D eigenvalue weighted by molar-refractivity contribution is 5.96. The number of fused-ring (bicyclic) bond motifs is 1. The monoisotopic (exact) mass is 251 g/mol. The Balaban J connectivity index is 1.95. The van der Waals surface area contributed by atoms with Gasteiger partial charge in [-0.05, 0) is 47.4 Å². The van der Waals surface area contributed by atoms with Gasteiger partial charge >= 0.3 is 0 Å². The summed E-state index contributed by atoms with van der Waals surface area (Å²) in [5.41, 5.74) is 8.41. The van der Waals surface area contributed by atoms with E-state index in [0.29, 0.717) is 0 Å². The fourth-order valence-corrected chi connectivity index (χ4v) is 2.96. The van der Waals surface area contributed by atoms with Gasteiger partial charge in [0.25, 0.3) is 0 Å². The van der Waals surface area contributed by atoms with Crippen LogP contribution in [-0.4, -0.2) is 5.71 Å². The van der Waals surface area contributed by atoms with Crippen LogP contribution in [0.4, 0.5) is 0 Å². The predicted octanol–water partition coefficient (Wildman–Crippen LogP) is 4.57. The Kier molecular flexibility index (Phi) is 2.74. The van der Waals surface area contributed by atoms with Crippen molar-refractivity contribution in [1.82, 2.24) is 0 Å². The van der Waals surface area contributed by atoms with E-state index < -0.39 is 0 Å². The van der Waals surface area contributed by atoms with E-state index in [1.54, 1.807) is 0 Å². The summed E-state index contributed by atoms with van der Waals surface area (Å²) in [7, 11) is 0. The summed E-state index contributed by atoms with van der Waals surface area (Å²) in [6, 6.07) is 6.88. The molecule has 0 atom stereocenters. The van der Waals surface area contributed by atoms with Crippen molar-refractivity contribution in [3.63, 3.8) is 0 Å². The molecule has 19 heavy (non-hydrogen) atoms. The van der Waals surface area contributed by atoms with Crippen molar-refractivity contribution >= 4 is 11.3 Å². The van der Waals surface area contributed by atoms with Gasteiger partial charge in [0, 0.05) is 18.3 Å². The first kappa shape index (κ1) is 12.4. The normalized spacial score (nSPS) is 20.9. The Morgan fingerprint density at radius 3 is 2.63 bits per heavy atom. The molecule has 1 nitrogen and oxygen atoms in total. The van der Waals surface area contributed by atoms with Gasteiger partial charge in [0.1, 0.15) is 0 Å². The molecule has 0 aromatic heterocycles. The Labute approximate surface area is 115 Å². The average molecular weight is 251 g/mol. The van der Waals surface area contributed by atoms with Crippen LogP contribution in [0.3, 0.4) is 0 Å². The largest absolute Gasteiger partial charge is 0.265 e. The Morgan fingerprint density at radius 1 is 1.16 bits per heavy atom. The summed E-state index contributed by atoms with van der Waals surface area (Å²) in [6.07, 6.45) is 5.14. The van der Waals surface area contributed by atoms with Crippen LogP contribution in [0.1, 0.15) is 43.9 Å². The minimum absolute atomic E-state index is 0.224. The molecule has 0 amide bonds. The minimum Gasteiger partial charge on any atom is -0.265 e. The lowest BCUT2D eigenvalue weighted by Crippen LogP contribution is -2.24. The summed E-state index contributed by atoms with van der Waals surface area (Å²) < 4.78 is 0. The van der Waals surface area contributed by atoms with Crippen LogP contribution < -0.4 is 0 Å². The first-order valence-corrected chi connectivity index (χ1v) is 6.98. The summed E-state index contributed by atoms with van der Waals surface area (Å²) in [4.78, 5) is 4.39. The molecule has 1 heterocycles. The second-order valence-electron chi connectivity index (χ2n) is 6.52. The number of nitrogens with zero attached hydrogens (tertiary/aromatic N) is 1. The smallest absolute Gasteiger partial charge is 0.0309 e. The molecule has 0 saturated carbocycles. The summed E-state index contributed by atoms with van der Waals surface area (Å²) in [6.45, 7) is 10.9. The molecule has 0 fully saturated rings. The number of allylic oxidation sites excluding steroid dienone is 2. The molecule has 0 spiro atoms. The molecule has 1 aliphatic heterocycles. The maximum absolute atomic E-state index is 4.39. The van der Waals surface area contributed by atoms with Crippen molar-refractivity contribution in [3.8, 4) is 0 Å². The lowest BCUT2D eigenvalue weighted by molar-refractivity contribution is 0.418. The highest BCUT2D eigenvalue weighted by Crippen LogP contribution is 2.39. The fourth-order valence-electron chi connectivity index (χ4n) is 2.96. The predicted molar refractivity (Wildman–Crippen MR) is 82.5 cm³/mol. The summed E-state index contributed by atoms with van der Waals surface area (Å²) in [5, 5.41) is 0. The molecule has 98 valence electrons. The van der Waals surface area contributed by atoms with Gasteiger partial charge in [-0.15, -0.1) is 0 Å². The van der Waals surface area contributed by atoms with E-state index >= 15 is 0 Å². The standard InChI is InChI=1S/C18H21N/c1-12-7-14-5-6-15(17-8-13(2)19-11-17)9-16(14)10-18(12,3)4/h5-6,9,11H,1,7-8,10H2,2-4H3. The molecule has 0 bridgehead atoms. The van der Waals surface area contributed by atoms with Crippen molar-refractivity contribution in [2.75, 3.05) is 0 Å². The average Bonchev–Trinajstić information content (AvgIpc) is 2.76. The van der Waals surface area contributed by atoms with Gasteiger partial charge in [-0.2, -0.15) is 0 Å².